The van der Waals surface area contributed by atoms with Gasteiger partial charge in [0.05, 0.1) is 22.4 Å². The minimum absolute atomic E-state index is 0.140. The molecule has 8 heteroatoms. The summed E-state index contributed by atoms with van der Waals surface area (Å²) in [4.78, 5) is 43.2. The fraction of sp³-hybridized carbons (Fsp3) is 0.0526. The average Bonchev–Trinajstić information content (AvgIpc) is 3.07. The van der Waals surface area contributed by atoms with Gasteiger partial charge in [-0.25, -0.2) is 19.9 Å². The maximum atomic E-state index is 11.7. The molecule has 8 nitrogen and oxygen atoms in total. The van der Waals surface area contributed by atoms with Crippen LogP contribution in [-0.4, -0.2) is 31.8 Å². The minimum atomic E-state index is -0.140. The van der Waals surface area contributed by atoms with Crippen molar-refractivity contribution in [2.24, 2.45) is 0 Å². The number of nitrogens with zero attached hydrogens (tertiary/aromatic N) is 4. The molecule has 0 aliphatic rings. The number of benzene rings is 5. The standard InChI is InChI=1S/C38H28N6O2/c1-23(45)39-29-17-19-33-31(21-29)35(25-9-5-3-6-10-25)43-37(41-33)27-13-15-28(16-14-27)38-42-34-20-18-30(40-24(2)46)22-32(34)36(44-38)26-11-7-4-8-12-26/h3-22H,1-2H3,(H,39,45)(H,40,46). The van der Waals surface area contributed by atoms with Gasteiger partial charge in [-0.05, 0) is 36.4 Å². The van der Waals surface area contributed by atoms with Crippen LogP contribution in [0.4, 0.5) is 11.4 Å². The van der Waals surface area contributed by atoms with Crippen molar-refractivity contribution < 1.29 is 9.59 Å². The Labute approximate surface area is 265 Å². The van der Waals surface area contributed by atoms with Gasteiger partial charge in [-0.2, -0.15) is 0 Å². The zero-order chi connectivity index (χ0) is 31.6. The first-order valence-corrected chi connectivity index (χ1v) is 14.8. The number of carbonyl (C=O) groups excluding carboxylic acids is 2. The van der Waals surface area contributed by atoms with Crippen molar-refractivity contribution in [3.63, 3.8) is 0 Å². The number of nitrogens with one attached hydrogen (secondary N) is 2. The molecule has 0 radical (unpaired) electrons. The number of rotatable bonds is 6. The van der Waals surface area contributed by atoms with Gasteiger partial charge in [0.25, 0.3) is 0 Å². The predicted molar refractivity (Wildman–Crippen MR) is 183 cm³/mol. The first kappa shape index (κ1) is 28.5. The first-order valence-electron chi connectivity index (χ1n) is 14.8. The average molecular weight is 601 g/mol. The van der Waals surface area contributed by atoms with E-state index in [1.807, 2.05) is 121 Å². The number of aromatic nitrogens is 4. The summed E-state index contributed by atoms with van der Waals surface area (Å²) in [5.41, 5.74) is 8.07. The summed E-state index contributed by atoms with van der Waals surface area (Å²) >= 11 is 0. The molecule has 222 valence electrons. The van der Waals surface area contributed by atoms with Crippen molar-refractivity contribution >= 4 is 45.0 Å². The fourth-order valence-electron chi connectivity index (χ4n) is 5.48. The van der Waals surface area contributed by atoms with Crippen LogP contribution in [0.15, 0.2) is 121 Å². The van der Waals surface area contributed by atoms with Gasteiger partial charge in [0, 0.05) is 58.2 Å². The van der Waals surface area contributed by atoms with Crippen LogP contribution in [0.3, 0.4) is 0 Å². The third kappa shape index (κ3) is 5.79. The van der Waals surface area contributed by atoms with Crippen LogP contribution in [0.25, 0.3) is 67.1 Å². The highest BCUT2D eigenvalue weighted by Gasteiger charge is 2.15. The van der Waals surface area contributed by atoms with Crippen molar-refractivity contribution in [3.05, 3.63) is 121 Å². The summed E-state index contributed by atoms with van der Waals surface area (Å²) in [7, 11) is 0. The number of carbonyl (C=O) groups is 2. The summed E-state index contributed by atoms with van der Waals surface area (Å²) in [6, 6.07) is 39.1. The zero-order valence-electron chi connectivity index (χ0n) is 25.2. The Balaban J connectivity index is 1.31. The van der Waals surface area contributed by atoms with Gasteiger partial charge in [0.1, 0.15) is 0 Å². The van der Waals surface area contributed by atoms with E-state index in [4.69, 9.17) is 19.9 Å². The van der Waals surface area contributed by atoms with Crippen molar-refractivity contribution in [2.45, 2.75) is 13.8 Å². The molecule has 2 N–H and O–H groups in total. The molecule has 2 heterocycles. The van der Waals surface area contributed by atoms with Gasteiger partial charge in [0.2, 0.25) is 11.8 Å². The molecule has 0 aliphatic heterocycles. The third-order valence-electron chi connectivity index (χ3n) is 7.53. The van der Waals surface area contributed by atoms with Gasteiger partial charge in [0.15, 0.2) is 11.6 Å². The molecule has 7 aromatic rings. The van der Waals surface area contributed by atoms with E-state index < -0.39 is 0 Å². The van der Waals surface area contributed by atoms with Gasteiger partial charge >= 0.3 is 0 Å². The second kappa shape index (κ2) is 12.0. The number of anilines is 2. The van der Waals surface area contributed by atoms with Crippen molar-refractivity contribution in [1.82, 2.24) is 19.9 Å². The Morgan fingerprint density at radius 3 is 1.22 bits per heavy atom. The molecule has 2 amide bonds. The molecule has 0 spiro atoms. The topological polar surface area (TPSA) is 110 Å². The minimum Gasteiger partial charge on any atom is -0.326 e. The molecule has 0 bridgehead atoms. The second-order valence-corrected chi connectivity index (χ2v) is 10.9. The predicted octanol–water partition coefficient (Wildman–Crippen LogP) is 8.16. The van der Waals surface area contributed by atoms with Crippen LogP contribution < -0.4 is 10.6 Å². The zero-order valence-corrected chi connectivity index (χ0v) is 25.2. The van der Waals surface area contributed by atoms with E-state index in [0.717, 1.165) is 55.4 Å². The van der Waals surface area contributed by atoms with Crippen molar-refractivity contribution in [1.29, 1.82) is 0 Å². The quantitative estimate of drug-likeness (QED) is 0.199. The molecule has 0 saturated heterocycles. The second-order valence-electron chi connectivity index (χ2n) is 10.9. The van der Waals surface area contributed by atoms with Gasteiger partial charge < -0.3 is 10.6 Å². The maximum absolute atomic E-state index is 11.7. The Kier molecular flexibility index (Phi) is 7.44. The van der Waals surface area contributed by atoms with Crippen LogP contribution in [0.2, 0.25) is 0 Å². The van der Waals surface area contributed by atoms with Crippen LogP contribution in [0, 0.1) is 0 Å². The first-order chi connectivity index (χ1) is 22.4. The lowest BCUT2D eigenvalue weighted by Gasteiger charge is -2.12. The number of amides is 2. The summed E-state index contributed by atoms with van der Waals surface area (Å²) in [5, 5.41) is 7.40. The molecule has 46 heavy (non-hydrogen) atoms. The molecular weight excluding hydrogens is 572 g/mol. The van der Waals surface area contributed by atoms with Gasteiger partial charge in [-0.3, -0.25) is 9.59 Å². The Morgan fingerprint density at radius 2 is 0.848 bits per heavy atom. The molecule has 0 atom stereocenters. The summed E-state index contributed by atoms with van der Waals surface area (Å²) in [6.45, 7) is 2.97. The molecule has 5 aromatic carbocycles. The third-order valence-corrected chi connectivity index (χ3v) is 7.53. The molecule has 7 rings (SSSR count). The highest BCUT2D eigenvalue weighted by Crippen LogP contribution is 2.33. The van der Waals surface area contributed by atoms with E-state index in [1.54, 1.807) is 0 Å². The monoisotopic (exact) mass is 600 g/mol. The van der Waals surface area contributed by atoms with Crippen molar-refractivity contribution in [2.75, 3.05) is 10.6 Å². The lowest BCUT2D eigenvalue weighted by atomic mass is 10.0. The van der Waals surface area contributed by atoms with Crippen molar-refractivity contribution in [3.8, 4) is 45.3 Å². The van der Waals surface area contributed by atoms with Crippen LogP contribution in [0.5, 0.6) is 0 Å². The Bertz CT molecular complexity index is 2090. The van der Waals surface area contributed by atoms with Crippen LogP contribution in [-0.2, 0) is 9.59 Å². The molecule has 0 saturated carbocycles. The molecule has 0 unspecified atom stereocenters. The van der Waals surface area contributed by atoms with Gasteiger partial charge in [-0.15, -0.1) is 0 Å². The molecule has 0 aliphatic carbocycles. The lowest BCUT2D eigenvalue weighted by Crippen LogP contribution is -2.06. The van der Waals surface area contributed by atoms with E-state index in [2.05, 4.69) is 10.6 Å². The van der Waals surface area contributed by atoms with E-state index in [0.29, 0.717) is 23.0 Å². The smallest absolute Gasteiger partial charge is 0.221 e. The number of hydrogen-bond donors (Lipinski definition) is 2. The van der Waals surface area contributed by atoms with E-state index in [1.165, 1.54) is 13.8 Å². The Morgan fingerprint density at radius 1 is 0.457 bits per heavy atom. The SMILES string of the molecule is CC(=O)Nc1ccc2nc(-c3ccc(-c4nc(-c5ccccc5)c5cc(NC(C)=O)ccc5n4)cc3)nc(-c3ccccc3)c2c1. The molecular formula is C38H28N6O2. The maximum Gasteiger partial charge on any atom is 0.221 e. The fourth-order valence-corrected chi connectivity index (χ4v) is 5.48. The largest absolute Gasteiger partial charge is 0.326 e. The van der Waals surface area contributed by atoms with Gasteiger partial charge in [-0.1, -0.05) is 84.9 Å². The van der Waals surface area contributed by atoms with E-state index >= 15 is 0 Å². The highest BCUT2D eigenvalue weighted by molar-refractivity contribution is 5.99. The van der Waals surface area contributed by atoms with Crippen LogP contribution in [0.1, 0.15) is 13.8 Å². The summed E-state index contributed by atoms with van der Waals surface area (Å²) < 4.78 is 0. The highest BCUT2D eigenvalue weighted by atomic mass is 16.2. The number of fused-ring (bicyclic) bond motifs is 2. The Hall–Kier alpha value is -6.28. The van der Waals surface area contributed by atoms with E-state index in [-0.39, 0.29) is 11.8 Å². The molecule has 2 aromatic heterocycles. The van der Waals surface area contributed by atoms with E-state index in [9.17, 15) is 9.59 Å². The molecule has 0 fully saturated rings. The lowest BCUT2D eigenvalue weighted by molar-refractivity contribution is -0.115. The normalized spacial score (nSPS) is 11.0. The summed E-state index contributed by atoms with van der Waals surface area (Å²) in [6.07, 6.45) is 0. The van der Waals surface area contributed by atoms with Crippen LogP contribution >= 0.6 is 0 Å². The number of hydrogen-bond acceptors (Lipinski definition) is 6. The summed E-state index contributed by atoms with van der Waals surface area (Å²) in [5.74, 6) is 0.888.